The highest BCUT2D eigenvalue weighted by molar-refractivity contribution is 6.02. The molecule has 0 bridgehead atoms. The van der Waals surface area contributed by atoms with Crippen LogP contribution in [0.1, 0.15) is 11.5 Å². The predicted molar refractivity (Wildman–Crippen MR) is 87.9 cm³/mol. The van der Waals surface area contributed by atoms with Gasteiger partial charge < -0.3 is 19.7 Å². The second kappa shape index (κ2) is 5.66. The lowest BCUT2D eigenvalue weighted by atomic mass is 9.81. The van der Waals surface area contributed by atoms with E-state index in [-0.39, 0.29) is 35.9 Å². The van der Waals surface area contributed by atoms with Gasteiger partial charge in [0.25, 0.3) is 0 Å². The Labute approximate surface area is 142 Å². The maximum Gasteiger partial charge on any atom is 0.338 e. The number of cyclic esters (lactones) is 2. The van der Waals surface area contributed by atoms with Gasteiger partial charge in [-0.1, -0.05) is 42.5 Å². The molecule has 0 atom stereocenters. The highest BCUT2D eigenvalue weighted by Crippen LogP contribution is 2.42. The van der Waals surface area contributed by atoms with Gasteiger partial charge in [-0.3, -0.25) is 0 Å². The molecule has 0 aromatic heterocycles. The summed E-state index contributed by atoms with van der Waals surface area (Å²) < 4.78 is 9.81. The number of benzene rings is 2. The average Bonchev–Trinajstić information content (AvgIpc) is 3.12. The monoisotopic (exact) mass is 338 g/mol. The van der Waals surface area contributed by atoms with Gasteiger partial charge in [-0.2, -0.15) is 0 Å². The van der Waals surface area contributed by atoms with E-state index in [0.29, 0.717) is 5.56 Å². The summed E-state index contributed by atoms with van der Waals surface area (Å²) in [5.41, 5.74) is 0.521. The second-order valence-corrected chi connectivity index (χ2v) is 5.87. The van der Waals surface area contributed by atoms with Crippen molar-refractivity contribution >= 4 is 22.7 Å². The number of ether oxygens (including phenoxy) is 2. The fraction of sp³-hybridized carbons (Fsp3) is 0.158. The lowest BCUT2D eigenvalue weighted by Crippen LogP contribution is -2.17. The summed E-state index contributed by atoms with van der Waals surface area (Å²) in [5.74, 6) is -2.88. The number of aliphatic hydroxyl groups excluding tert-OH is 2. The zero-order chi connectivity index (χ0) is 17.6. The van der Waals surface area contributed by atoms with Crippen LogP contribution < -0.4 is 0 Å². The van der Waals surface area contributed by atoms with Crippen LogP contribution in [-0.2, 0) is 19.1 Å². The molecule has 6 nitrogen and oxygen atoms in total. The summed E-state index contributed by atoms with van der Waals surface area (Å²) in [6, 6.07) is 12.9. The first-order chi connectivity index (χ1) is 12.1. The standard InChI is InChI=1S/C19H14O6/c20-13-8-24-18(22)16(13)15(17-14(21)9-25-19(17)23)12-7-3-5-10-4-1-2-6-11(10)12/h1-7,15,20-21H,8-9H2. The Hall–Kier alpha value is -3.28. The molecule has 2 aliphatic rings. The molecule has 0 unspecified atom stereocenters. The minimum Gasteiger partial charge on any atom is -0.508 e. The van der Waals surface area contributed by atoms with E-state index in [1.807, 2.05) is 30.3 Å². The van der Waals surface area contributed by atoms with Crippen molar-refractivity contribution in [1.82, 2.24) is 0 Å². The molecule has 2 aromatic carbocycles. The number of fused-ring (bicyclic) bond motifs is 1. The van der Waals surface area contributed by atoms with Crippen molar-refractivity contribution < 1.29 is 29.3 Å². The van der Waals surface area contributed by atoms with Gasteiger partial charge in [0.2, 0.25) is 0 Å². The molecule has 0 saturated carbocycles. The molecule has 0 aliphatic carbocycles. The topological polar surface area (TPSA) is 93.1 Å². The Morgan fingerprint density at radius 2 is 1.36 bits per heavy atom. The summed E-state index contributed by atoms with van der Waals surface area (Å²) in [4.78, 5) is 24.4. The van der Waals surface area contributed by atoms with E-state index in [1.165, 1.54) is 0 Å². The Morgan fingerprint density at radius 1 is 0.800 bits per heavy atom. The number of carbonyl (C=O) groups is 2. The quantitative estimate of drug-likeness (QED) is 0.836. The second-order valence-electron chi connectivity index (χ2n) is 5.87. The lowest BCUT2D eigenvalue weighted by molar-refractivity contribution is -0.136. The van der Waals surface area contributed by atoms with Crippen LogP contribution in [0.25, 0.3) is 10.8 Å². The van der Waals surface area contributed by atoms with Crippen molar-refractivity contribution in [2.45, 2.75) is 5.92 Å². The van der Waals surface area contributed by atoms with Crippen LogP contribution in [0.4, 0.5) is 0 Å². The molecule has 2 aromatic rings. The van der Waals surface area contributed by atoms with E-state index in [2.05, 4.69) is 0 Å². The molecule has 2 N–H and O–H groups in total. The van der Waals surface area contributed by atoms with Crippen molar-refractivity contribution in [2.24, 2.45) is 0 Å². The highest BCUT2D eigenvalue weighted by atomic mass is 16.6. The Kier molecular flexibility index (Phi) is 3.46. The number of rotatable bonds is 3. The lowest BCUT2D eigenvalue weighted by Gasteiger charge is -2.19. The molecule has 0 amide bonds. The maximum atomic E-state index is 12.2. The van der Waals surface area contributed by atoms with E-state index in [0.717, 1.165) is 10.8 Å². The first kappa shape index (κ1) is 15.3. The molecular weight excluding hydrogens is 324 g/mol. The first-order valence-corrected chi connectivity index (χ1v) is 7.74. The smallest absolute Gasteiger partial charge is 0.338 e. The van der Waals surface area contributed by atoms with Crippen molar-refractivity contribution in [2.75, 3.05) is 13.2 Å². The van der Waals surface area contributed by atoms with Gasteiger partial charge in [-0.25, -0.2) is 9.59 Å². The first-order valence-electron chi connectivity index (χ1n) is 7.74. The molecular formula is C19H14O6. The summed E-state index contributed by atoms with van der Waals surface area (Å²) >= 11 is 0. The number of hydrogen-bond donors (Lipinski definition) is 2. The van der Waals surface area contributed by atoms with Crippen molar-refractivity contribution in [1.29, 1.82) is 0 Å². The third-order valence-electron chi connectivity index (χ3n) is 4.45. The fourth-order valence-electron chi connectivity index (χ4n) is 3.34. The number of hydrogen-bond acceptors (Lipinski definition) is 6. The van der Waals surface area contributed by atoms with Crippen LogP contribution in [0.3, 0.4) is 0 Å². The van der Waals surface area contributed by atoms with Crippen molar-refractivity contribution in [3.63, 3.8) is 0 Å². The molecule has 2 aliphatic heterocycles. The fourth-order valence-corrected chi connectivity index (χ4v) is 3.34. The number of carbonyl (C=O) groups excluding carboxylic acids is 2. The van der Waals surface area contributed by atoms with Crippen molar-refractivity contribution in [3.8, 4) is 0 Å². The van der Waals surface area contributed by atoms with Crippen LogP contribution in [0.2, 0.25) is 0 Å². The van der Waals surface area contributed by atoms with Gasteiger partial charge >= 0.3 is 11.9 Å². The summed E-state index contributed by atoms with van der Waals surface area (Å²) in [6.45, 7) is -0.503. The maximum absolute atomic E-state index is 12.2. The van der Waals surface area contributed by atoms with Gasteiger partial charge in [-0.15, -0.1) is 0 Å². The van der Waals surface area contributed by atoms with E-state index in [4.69, 9.17) is 9.47 Å². The van der Waals surface area contributed by atoms with Crippen molar-refractivity contribution in [3.05, 3.63) is 70.7 Å². The van der Waals surface area contributed by atoms with Crippen LogP contribution in [0.5, 0.6) is 0 Å². The molecule has 25 heavy (non-hydrogen) atoms. The zero-order valence-electron chi connectivity index (χ0n) is 13.1. The number of esters is 2. The van der Waals surface area contributed by atoms with Crippen LogP contribution in [-0.4, -0.2) is 35.4 Å². The Bertz CT molecular complexity index is 924. The van der Waals surface area contributed by atoms with Crippen LogP contribution >= 0.6 is 0 Å². The van der Waals surface area contributed by atoms with Crippen LogP contribution in [0, 0.1) is 0 Å². The average molecular weight is 338 g/mol. The minimum absolute atomic E-state index is 0.0447. The van der Waals surface area contributed by atoms with E-state index in [9.17, 15) is 19.8 Å². The van der Waals surface area contributed by atoms with Gasteiger partial charge in [0.15, 0.2) is 0 Å². The Balaban J connectivity index is 2.02. The molecule has 0 spiro atoms. The molecule has 4 rings (SSSR count). The number of aliphatic hydroxyl groups is 2. The summed E-state index contributed by atoms with van der Waals surface area (Å²) in [7, 11) is 0. The molecule has 0 radical (unpaired) electrons. The highest BCUT2D eigenvalue weighted by Gasteiger charge is 2.42. The molecule has 126 valence electrons. The third kappa shape index (κ3) is 2.34. The van der Waals surface area contributed by atoms with E-state index < -0.39 is 17.9 Å². The van der Waals surface area contributed by atoms with Gasteiger partial charge in [0, 0.05) is 0 Å². The van der Waals surface area contributed by atoms with Gasteiger partial charge in [0.05, 0.1) is 17.1 Å². The van der Waals surface area contributed by atoms with E-state index >= 15 is 0 Å². The van der Waals surface area contributed by atoms with E-state index in [1.54, 1.807) is 12.1 Å². The zero-order valence-corrected chi connectivity index (χ0v) is 13.1. The van der Waals surface area contributed by atoms with Gasteiger partial charge in [0.1, 0.15) is 24.7 Å². The molecule has 2 heterocycles. The predicted octanol–water partition coefficient (Wildman–Crippen LogP) is 2.66. The normalized spacial score (nSPS) is 17.6. The minimum atomic E-state index is -0.962. The Morgan fingerprint density at radius 3 is 1.92 bits per heavy atom. The largest absolute Gasteiger partial charge is 0.508 e. The molecule has 0 saturated heterocycles. The summed E-state index contributed by atoms with van der Waals surface area (Å²) in [5, 5.41) is 22.1. The van der Waals surface area contributed by atoms with Crippen LogP contribution in [0.15, 0.2) is 65.1 Å². The molecule has 0 fully saturated rings. The van der Waals surface area contributed by atoms with Gasteiger partial charge in [-0.05, 0) is 16.3 Å². The SMILES string of the molecule is O=C1OCC(O)=C1C(C1=C(O)COC1=O)c1cccc2ccccc12. The third-order valence-corrected chi connectivity index (χ3v) is 4.45. The molecule has 6 heteroatoms. The summed E-state index contributed by atoms with van der Waals surface area (Å²) in [6.07, 6.45) is 0.